The Labute approximate surface area is 148 Å². The van der Waals surface area contributed by atoms with Crippen molar-refractivity contribution >= 4 is 10.8 Å². The Morgan fingerprint density at radius 2 is 1.68 bits per heavy atom. The predicted molar refractivity (Wildman–Crippen MR) is 101 cm³/mol. The minimum atomic E-state index is -0.431. The Morgan fingerprint density at radius 3 is 2.32 bits per heavy atom. The first-order valence-corrected chi connectivity index (χ1v) is 8.42. The molecule has 3 saturated heterocycles. The molecule has 0 aliphatic carbocycles. The second-order valence-electron chi connectivity index (χ2n) is 6.78. The van der Waals surface area contributed by atoms with Crippen LogP contribution < -0.4 is 5.32 Å². The Balaban J connectivity index is 0.00000104. The summed E-state index contributed by atoms with van der Waals surface area (Å²) in [5.41, 5.74) is 1.01. The molecule has 6 nitrogen and oxygen atoms in total. The van der Waals surface area contributed by atoms with Gasteiger partial charge >= 0.3 is 0 Å². The van der Waals surface area contributed by atoms with Gasteiger partial charge in [0.05, 0.1) is 6.10 Å². The zero-order chi connectivity index (χ0) is 14.9. The van der Waals surface area contributed by atoms with Crippen molar-refractivity contribution in [2.75, 3.05) is 26.2 Å². The van der Waals surface area contributed by atoms with Crippen LogP contribution in [0.5, 0.6) is 0 Å². The molecule has 8 N–H and O–H groups in total. The van der Waals surface area contributed by atoms with Gasteiger partial charge in [0.1, 0.15) is 0 Å². The van der Waals surface area contributed by atoms with Crippen LogP contribution in [-0.4, -0.2) is 58.7 Å². The minimum absolute atomic E-state index is 0. The summed E-state index contributed by atoms with van der Waals surface area (Å²) in [4.78, 5) is 2.54. The summed E-state index contributed by atoms with van der Waals surface area (Å²) in [7, 11) is 0. The molecule has 2 aromatic carbocycles. The molecule has 0 aromatic heterocycles. The van der Waals surface area contributed by atoms with Gasteiger partial charge < -0.3 is 31.8 Å². The van der Waals surface area contributed by atoms with Crippen molar-refractivity contribution in [2.45, 2.75) is 25.0 Å². The van der Waals surface area contributed by atoms with E-state index < -0.39 is 6.10 Å². The summed E-state index contributed by atoms with van der Waals surface area (Å²) in [5, 5.41) is 16.5. The van der Waals surface area contributed by atoms with Crippen LogP contribution in [0, 0.1) is 5.92 Å². The number of nitrogens with zero attached hydrogens (tertiary/aromatic N) is 1. The summed E-state index contributed by atoms with van der Waals surface area (Å²) >= 11 is 0. The number of hydrogen-bond acceptors (Lipinski definition) is 3. The van der Waals surface area contributed by atoms with Crippen molar-refractivity contribution in [2.24, 2.45) is 5.92 Å². The van der Waals surface area contributed by atoms with Crippen LogP contribution in [0.15, 0.2) is 42.5 Å². The fraction of sp³-hybridized carbons (Fsp3) is 0.474. The number of piperidine rings is 3. The van der Waals surface area contributed by atoms with Gasteiger partial charge in [-0.25, -0.2) is 0 Å². The van der Waals surface area contributed by atoms with Gasteiger partial charge in [-0.1, -0.05) is 36.4 Å². The topological polar surface area (TPSA) is 130 Å². The largest absolute Gasteiger partial charge is 0.412 e. The first-order valence-electron chi connectivity index (χ1n) is 8.42. The van der Waals surface area contributed by atoms with Gasteiger partial charge in [0, 0.05) is 19.1 Å². The van der Waals surface area contributed by atoms with E-state index in [9.17, 15) is 5.11 Å². The molecule has 2 aromatic rings. The van der Waals surface area contributed by atoms with Crippen molar-refractivity contribution in [3.63, 3.8) is 0 Å². The van der Waals surface area contributed by atoms with Crippen LogP contribution in [0.3, 0.4) is 0 Å². The molecule has 3 aliphatic heterocycles. The van der Waals surface area contributed by atoms with E-state index in [0.717, 1.165) is 18.0 Å². The highest BCUT2D eigenvalue weighted by Crippen LogP contribution is 2.28. The van der Waals surface area contributed by atoms with Crippen molar-refractivity contribution in [1.82, 2.24) is 10.2 Å². The van der Waals surface area contributed by atoms with Gasteiger partial charge in [0.15, 0.2) is 0 Å². The zero-order valence-electron chi connectivity index (χ0n) is 14.4. The molecule has 2 atom stereocenters. The summed E-state index contributed by atoms with van der Waals surface area (Å²) in [6.07, 6.45) is 2.19. The Hall–Kier alpha value is -1.54. The lowest BCUT2D eigenvalue weighted by atomic mass is 9.84. The van der Waals surface area contributed by atoms with Crippen LogP contribution >= 0.6 is 0 Å². The number of rotatable bonds is 4. The van der Waals surface area contributed by atoms with Gasteiger partial charge in [-0.2, -0.15) is 0 Å². The number of fused-ring (bicyclic) bond motifs is 4. The van der Waals surface area contributed by atoms with Gasteiger partial charge in [0.25, 0.3) is 0 Å². The average molecular weight is 350 g/mol. The first-order chi connectivity index (χ1) is 10.8. The normalized spacial score (nSPS) is 25.4. The molecule has 3 heterocycles. The third-order valence-corrected chi connectivity index (χ3v) is 5.39. The van der Waals surface area contributed by atoms with E-state index in [0.29, 0.717) is 12.6 Å². The highest BCUT2D eigenvalue weighted by molar-refractivity contribution is 5.83. The maximum atomic E-state index is 10.5. The molecule has 25 heavy (non-hydrogen) atoms. The first kappa shape index (κ1) is 21.5. The summed E-state index contributed by atoms with van der Waals surface area (Å²) < 4.78 is 0. The molecule has 0 amide bonds. The van der Waals surface area contributed by atoms with E-state index in [4.69, 9.17) is 0 Å². The molecular weight excluding hydrogens is 320 g/mol. The third kappa shape index (κ3) is 4.55. The molecule has 0 saturated carbocycles. The second kappa shape index (κ2) is 9.24. The summed E-state index contributed by atoms with van der Waals surface area (Å²) in [6.45, 7) is 4.31. The van der Waals surface area contributed by atoms with E-state index in [1.807, 2.05) is 18.2 Å². The van der Waals surface area contributed by atoms with Crippen molar-refractivity contribution in [3.05, 3.63) is 48.0 Å². The standard InChI is InChI=1S/C19H24N2O.3H2O/c22-19(12-20-18-13-21-9-7-15(18)8-10-21)17-6-5-14-3-1-2-4-16(14)11-17;;;/h1-6,11,15,18-20,22H,7-10,12-13H2;3*1H2. The predicted octanol–water partition coefficient (Wildman–Crippen LogP) is 0.0829. The Kier molecular flexibility index (Phi) is 7.95. The van der Waals surface area contributed by atoms with Gasteiger partial charge in [-0.05, 0) is 54.3 Å². The molecule has 6 heteroatoms. The number of hydrogen-bond donors (Lipinski definition) is 2. The second-order valence-corrected chi connectivity index (χ2v) is 6.78. The van der Waals surface area contributed by atoms with Gasteiger partial charge in [-0.15, -0.1) is 0 Å². The third-order valence-electron chi connectivity index (χ3n) is 5.39. The van der Waals surface area contributed by atoms with E-state index in [2.05, 4.69) is 34.5 Å². The van der Waals surface area contributed by atoms with E-state index >= 15 is 0 Å². The number of aliphatic hydroxyl groups excluding tert-OH is 1. The lowest BCUT2D eigenvalue weighted by molar-refractivity contribution is 0.0635. The highest BCUT2D eigenvalue weighted by atomic mass is 16.3. The van der Waals surface area contributed by atoms with Crippen molar-refractivity contribution in [3.8, 4) is 0 Å². The monoisotopic (exact) mass is 350 g/mol. The zero-order valence-corrected chi connectivity index (χ0v) is 14.4. The summed E-state index contributed by atoms with van der Waals surface area (Å²) in [5.74, 6) is 0.800. The average Bonchev–Trinajstić information content (AvgIpc) is 2.60. The van der Waals surface area contributed by atoms with Crippen molar-refractivity contribution in [1.29, 1.82) is 0 Å². The van der Waals surface area contributed by atoms with Crippen LogP contribution in [0.25, 0.3) is 10.8 Å². The Bertz CT molecular complexity index is 659. The molecule has 140 valence electrons. The van der Waals surface area contributed by atoms with Crippen LogP contribution in [-0.2, 0) is 0 Å². The molecule has 2 unspecified atom stereocenters. The lowest BCUT2D eigenvalue weighted by Crippen LogP contribution is -2.56. The fourth-order valence-electron chi connectivity index (χ4n) is 3.99. The maximum Gasteiger partial charge on any atom is 0.0914 e. The van der Waals surface area contributed by atoms with E-state index in [1.54, 1.807) is 0 Å². The number of benzene rings is 2. The molecule has 5 rings (SSSR count). The quantitative estimate of drug-likeness (QED) is 0.810. The maximum absolute atomic E-state index is 10.5. The lowest BCUT2D eigenvalue weighted by Gasteiger charge is -2.45. The molecule has 0 spiro atoms. The van der Waals surface area contributed by atoms with Gasteiger partial charge in [-0.3, -0.25) is 0 Å². The summed E-state index contributed by atoms with van der Waals surface area (Å²) in [6, 6.07) is 15.1. The number of aliphatic hydroxyl groups is 1. The SMILES string of the molecule is O.O.O.OC(CNC1CN2CCC1CC2)c1ccc2ccccc2c1. The highest BCUT2D eigenvalue weighted by Gasteiger charge is 2.33. The van der Waals surface area contributed by atoms with Crippen LogP contribution in [0.1, 0.15) is 24.5 Å². The molecule has 3 aliphatic rings. The molecule has 0 radical (unpaired) electrons. The smallest absolute Gasteiger partial charge is 0.0914 e. The molecule has 2 bridgehead atoms. The van der Waals surface area contributed by atoms with E-state index in [1.165, 1.54) is 36.7 Å². The minimum Gasteiger partial charge on any atom is -0.412 e. The van der Waals surface area contributed by atoms with Gasteiger partial charge in [0.2, 0.25) is 0 Å². The molecule has 3 fully saturated rings. The fourth-order valence-corrected chi connectivity index (χ4v) is 3.99. The van der Waals surface area contributed by atoms with Crippen molar-refractivity contribution < 1.29 is 21.5 Å². The molecular formula is C19H30N2O4. The Morgan fingerprint density at radius 1 is 1.00 bits per heavy atom. The van der Waals surface area contributed by atoms with Crippen LogP contribution in [0.2, 0.25) is 0 Å². The van der Waals surface area contributed by atoms with E-state index in [-0.39, 0.29) is 16.4 Å². The van der Waals surface area contributed by atoms with Crippen LogP contribution in [0.4, 0.5) is 0 Å². The number of nitrogens with one attached hydrogen (secondary N) is 1.